The largest absolute Gasteiger partial charge is 0.369 e. The van der Waals surface area contributed by atoms with Gasteiger partial charge in [0.05, 0.1) is 5.52 Å². The molecule has 0 aliphatic carbocycles. The third-order valence-corrected chi connectivity index (χ3v) is 6.03. The quantitative estimate of drug-likeness (QED) is 0.465. The highest BCUT2D eigenvalue weighted by Crippen LogP contribution is 2.27. The molecular weight excluding hydrogens is 380 g/mol. The minimum Gasteiger partial charge on any atom is -0.369 e. The second-order valence-corrected chi connectivity index (χ2v) is 8.30. The molecule has 0 atom stereocenters. The van der Waals surface area contributed by atoms with E-state index in [0.29, 0.717) is 0 Å². The van der Waals surface area contributed by atoms with Crippen LogP contribution in [0.5, 0.6) is 0 Å². The van der Waals surface area contributed by atoms with Gasteiger partial charge in [-0.1, -0.05) is 42.5 Å². The molecule has 1 N–H and O–H groups in total. The summed E-state index contributed by atoms with van der Waals surface area (Å²) in [6, 6.07) is 28.0. The van der Waals surface area contributed by atoms with Crippen LogP contribution < -0.4 is 10.2 Å². The van der Waals surface area contributed by atoms with Crippen LogP contribution >= 0.6 is 0 Å². The lowest BCUT2D eigenvalue weighted by Gasteiger charge is -2.36. The molecule has 0 spiro atoms. The second-order valence-electron chi connectivity index (χ2n) is 8.30. The lowest BCUT2D eigenvalue weighted by atomic mass is 10.1. The van der Waals surface area contributed by atoms with Crippen LogP contribution in [-0.4, -0.2) is 36.1 Å². The number of pyridine rings is 1. The average Bonchev–Trinajstić information content (AvgIpc) is 2.81. The molecule has 1 saturated heterocycles. The van der Waals surface area contributed by atoms with Crippen molar-refractivity contribution in [2.24, 2.45) is 0 Å². The van der Waals surface area contributed by atoms with Gasteiger partial charge < -0.3 is 10.2 Å². The number of piperazine rings is 1. The van der Waals surface area contributed by atoms with E-state index in [4.69, 9.17) is 0 Å². The second kappa shape index (κ2) is 8.78. The Morgan fingerprint density at radius 2 is 1.61 bits per heavy atom. The number of hydrogen-bond donors (Lipinski definition) is 1. The van der Waals surface area contributed by atoms with E-state index in [1.54, 1.807) is 0 Å². The Bertz CT molecular complexity index is 1150. The van der Waals surface area contributed by atoms with Gasteiger partial charge in [-0.15, -0.1) is 0 Å². The zero-order valence-corrected chi connectivity index (χ0v) is 18.0. The Kier molecular flexibility index (Phi) is 5.55. The molecule has 31 heavy (non-hydrogen) atoms. The van der Waals surface area contributed by atoms with E-state index in [9.17, 15) is 0 Å². The number of anilines is 3. The number of fused-ring (bicyclic) bond motifs is 1. The normalized spacial score (nSPS) is 14.7. The smallest absolute Gasteiger partial charge is 0.0725 e. The molecule has 4 nitrogen and oxygen atoms in total. The van der Waals surface area contributed by atoms with Gasteiger partial charge in [0.2, 0.25) is 0 Å². The number of rotatable bonds is 5. The van der Waals surface area contributed by atoms with Crippen molar-refractivity contribution in [1.29, 1.82) is 0 Å². The van der Waals surface area contributed by atoms with E-state index >= 15 is 0 Å². The molecule has 156 valence electrons. The van der Waals surface area contributed by atoms with Crippen LogP contribution in [0, 0.1) is 6.92 Å². The van der Waals surface area contributed by atoms with Gasteiger partial charge in [-0.05, 0) is 54.4 Å². The van der Waals surface area contributed by atoms with Crippen molar-refractivity contribution in [1.82, 2.24) is 9.88 Å². The fraction of sp³-hybridized carbons (Fsp3) is 0.222. The zero-order valence-electron chi connectivity index (χ0n) is 18.0. The highest BCUT2D eigenvalue weighted by Gasteiger charge is 2.17. The SMILES string of the molecule is Cc1ccc2c(Nc3ccc(N4CCN(Cc5ccccc5)CC4)cc3)ccnc2c1. The van der Waals surface area contributed by atoms with Gasteiger partial charge in [-0.25, -0.2) is 0 Å². The van der Waals surface area contributed by atoms with Crippen LogP contribution in [0.4, 0.5) is 17.1 Å². The highest BCUT2D eigenvalue weighted by molar-refractivity contribution is 5.93. The van der Waals surface area contributed by atoms with Crippen molar-refractivity contribution in [2.45, 2.75) is 13.5 Å². The number of nitrogens with one attached hydrogen (secondary N) is 1. The fourth-order valence-corrected chi connectivity index (χ4v) is 4.28. The summed E-state index contributed by atoms with van der Waals surface area (Å²) in [5.74, 6) is 0. The molecule has 1 aliphatic rings. The Morgan fingerprint density at radius 3 is 2.39 bits per heavy atom. The minimum atomic E-state index is 1.02. The first-order valence-electron chi connectivity index (χ1n) is 11.0. The first-order valence-corrected chi connectivity index (χ1v) is 11.0. The lowest BCUT2D eigenvalue weighted by Crippen LogP contribution is -2.45. The maximum atomic E-state index is 4.50. The maximum absolute atomic E-state index is 4.50. The van der Waals surface area contributed by atoms with Crippen LogP contribution in [0.1, 0.15) is 11.1 Å². The number of aromatic nitrogens is 1. The van der Waals surface area contributed by atoms with E-state index in [0.717, 1.165) is 55.0 Å². The van der Waals surface area contributed by atoms with Gasteiger partial charge in [0.1, 0.15) is 0 Å². The average molecular weight is 409 g/mol. The topological polar surface area (TPSA) is 31.4 Å². The zero-order chi connectivity index (χ0) is 21.0. The Morgan fingerprint density at radius 1 is 0.839 bits per heavy atom. The lowest BCUT2D eigenvalue weighted by molar-refractivity contribution is 0.250. The fourth-order valence-electron chi connectivity index (χ4n) is 4.28. The molecule has 3 aromatic carbocycles. The molecular formula is C27H28N4. The Labute approximate surface area is 184 Å². The third kappa shape index (κ3) is 4.54. The third-order valence-electron chi connectivity index (χ3n) is 6.03. The highest BCUT2D eigenvalue weighted by atomic mass is 15.3. The van der Waals surface area contributed by atoms with Gasteiger partial charge in [0.15, 0.2) is 0 Å². The molecule has 0 unspecified atom stereocenters. The first-order chi connectivity index (χ1) is 15.2. The van der Waals surface area contributed by atoms with E-state index in [1.807, 2.05) is 12.3 Å². The van der Waals surface area contributed by atoms with Gasteiger partial charge >= 0.3 is 0 Å². The molecule has 4 heteroatoms. The van der Waals surface area contributed by atoms with Crippen LogP contribution in [0.15, 0.2) is 85.1 Å². The van der Waals surface area contributed by atoms with Gasteiger partial charge in [0.25, 0.3) is 0 Å². The van der Waals surface area contributed by atoms with Crippen LogP contribution in [0.25, 0.3) is 10.9 Å². The standard InChI is InChI=1S/C27H28N4/c1-21-7-12-25-26(13-14-28-27(25)19-21)29-23-8-10-24(11-9-23)31-17-15-30(16-18-31)20-22-5-3-2-4-6-22/h2-14,19H,15-18,20H2,1H3,(H,28,29). The molecule has 0 saturated carbocycles. The molecule has 5 rings (SSSR count). The van der Waals surface area contributed by atoms with Crippen LogP contribution in [0.2, 0.25) is 0 Å². The molecule has 0 radical (unpaired) electrons. The van der Waals surface area contributed by atoms with Gasteiger partial charge in [-0.3, -0.25) is 9.88 Å². The monoisotopic (exact) mass is 408 g/mol. The van der Waals surface area contributed by atoms with Crippen molar-refractivity contribution in [3.63, 3.8) is 0 Å². The minimum absolute atomic E-state index is 1.02. The number of aryl methyl sites for hydroxylation is 1. The summed E-state index contributed by atoms with van der Waals surface area (Å²) in [4.78, 5) is 9.52. The van der Waals surface area contributed by atoms with Crippen LogP contribution in [-0.2, 0) is 6.54 Å². The summed E-state index contributed by atoms with van der Waals surface area (Å²) in [7, 11) is 0. The number of benzene rings is 3. The molecule has 0 bridgehead atoms. The first kappa shape index (κ1) is 19.6. The maximum Gasteiger partial charge on any atom is 0.0725 e. The van der Waals surface area contributed by atoms with Crippen molar-refractivity contribution in [3.05, 3.63) is 96.2 Å². The van der Waals surface area contributed by atoms with E-state index in [-0.39, 0.29) is 0 Å². The molecule has 4 aromatic rings. The Hall–Kier alpha value is -3.37. The summed E-state index contributed by atoms with van der Waals surface area (Å²) < 4.78 is 0. The summed E-state index contributed by atoms with van der Waals surface area (Å²) in [6.45, 7) is 7.45. The summed E-state index contributed by atoms with van der Waals surface area (Å²) in [5.41, 5.74) is 7.12. The number of hydrogen-bond acceptors (Lipinski definition) is 4. The van der Waals surface area contributed by atoms with E-state index in [1.165, 1.54) is 16.8 Å². The molecule has 2 heterocycles. The summed E-state index contributed by atoms with van der Waals surface area (Å²) >= 11 is 0. The van der Waals surface area contributed by atoms with Crippen molar-refractivity contribution >= 4 is 28.0 Å². The van der Waals surface area contributed by atoms with Crippen molar-refractivity contribution < 1.29 is 0 Å². The Balaban J connectivity index is 1.22. The predicted molar refractivity (Wildman–Crippen MR) is 130 cm³/mol. The molecule has 0 amide bonds. The summed E-state index contributed by atoms with van der Waals surface area (Å²) in [6.07, 6.45) is 1.87. The summed E-state index contributed by atoms with van der Waals surface area (Å²) in [5, 5.41) is 4.71. The van der Waals surface area contributed by atoms with Crippen molar-refractivity contribution in [2.75, 3.05) is 36.4 Å². The van der Waals surface area contributed by atoms with Gasteiger partial charge in [-0.2, -0.15) is 0 Å². The molecule has 1 aliphatic heterocycles. The predicted octanol–water partition coefficient (Wildman–Crippen LogP) is 5.61. The molecule has 1 fully saturated rings. The van der Waals surface area contributed by atoms with Crippen molar-refractivity contribution in [3.8, 4) is 0 Å². The van der Waals surface area contributed by atoms with Gasteiger partial charge in [0, 0.05) is 61.4 Å². The van der Waals surface area contributed by atoms with Crippen LogP contribution in [0.3, 0.4) is 0 Å². The molecule has 1 aromatic heterocycles. The number of nitrogens with zero attached hydrogens (tertiary/aromatic N) is 3. The van der Waals surface area contributed by atoms with E-state index in [2.05, 4.69) is 99.8 Å². The van der Waals surface area contributed by atoms with E-state index < -0.39 is 0 Å².